The minimum absolute atomic E-state index is 0.219. The molecule has 1 N–H and O–H groups in total. The topological polar surface area (TPSA) is 63.6 Å². The predicted molar refractivity (Wildman–Crippen MR) is 121 cm³/mol. The van der Waals surface area contributed by atoms with Gasteiger partial charge in [0, 0.05) is 16.0 Å². The minimum atomic E-state index is -4.61. The fourth-order valence-corrected chi connectivity index (χ4v) is 4.52. The summed E-state index contributed by atoms with van der Waals surface area (Å²) in [5, 5.41) is 0. The zero-order valence-electron chi connectivity index (χ0n) is 15.8. The van der Waals surface area contributed by atoms with Crippen molar-refractivity contribution in [2.45, 2.75) is 9.79 Å². The van der Waals surface area contributed by atoms with Gasteiger partial charge in [0.2, 0.25) is 0 Å². The van der Waals surface area contributed by atoms with E-state index in [1.807, 2.05) is 30.3 Å². The molecule has 0 amide bonds. The van der Waals surface area contributed by atoms with Gasteiger partial charge in [0.05, 0.1) is 0 Å². The van der Waals surface area contributed by atoms with E-state index in [9.17, 15) is 13.0 Å². The second kappa shape index (κ2) is 8.36. The third kappa shape index (κ3) is 4.11. The molecule has 6 heteroatoms. The average Bonchev–Trinajstić information content (AvgIpc) is 2.76. The Labute approximate surface area is 180 Å². The Morgan fingerprint density at radius 2 is 1.23 bits per heavy atom. The Morgan fingerprint density at radius 1 is 0.733 bits per heavy atom. The van der Waals surface area contributed by atoms with Crippen molar-refractivity contribution in [3.05, 3.63) is 97.1 Å². The molecular formula is C24H18O4S2. The second-order valence-electron chi connectivity index (χ2n) is 6.60. The van der Waals surface area contributed by atoms with E-state index in [-0.39, 0.29) is 16.2 Å². The van der Waals surface area contributed by atoms with E-state index >= 15 is 0 Å². The number of hydrogen-bond acceptors (Lipinski definition) is 4. The SMILES string of the molecule is O=S(=O)(O)c1c(-c2ccccc2)cc(S)c(Oc2ccccc2)c1-c1ccccc1. The zero-order chi connectivity index (χ0) is 21.1. The maximum atomic E-state index is 12.6. The lowest BCUT2D eigenvalue weighted by Gasteiger charge is -2.20. The van der Waals surface area contributed by atoms with Crippen molar-refractivity contribution in [3.8, 4) is 33.8 Å². The van der Waals surface area contributed by atoms with Crippen LogP contribution in [0.2, 0.25) is 0 Å². The molecule has 4 aromatic rings. The van der Waals surface area contributed by atoms with Crippen molar-refractivity contribution < 1.29 is 17.7 Å². The van der Waals surface area contributed by atoms with Crippen LogP contribution in [-0.2, 0) is 10.1 Å². The summed E-state index contributed by atoms with van der Waals surface area (Å²) in [7, 11) is -4.61. The fourth-order valence-electron chi connectivity index (χ4n) is 3.31. The minimum Gasteiger partial charge on any atom is -0.456 e. The first-order valence-electron chi connectivity index (χ1n) is 9.16. The van der Waals surface area contributed by atoms with E-state index < -0.39 is 10.1 Å². The molecule has 0 saturated heterocycles. The molecule has 4 aromatic carbocycles. The molecule has 0 heterocycles. The normalized spacial score (nSPS) is 11.3. The summed E-state index contributed by atoms with van der Waals surface area (Å²) in [4.78, 5) is 0.229. The second-order valence-corrected chi connectivity index (χ2v) is 8.44. The van der Waals surface area contributed by atoms with Gasteiger partial charge >= 0.3 is 0 Å². The Balaban J connectivity index is 2.09. The van der Waals surface area contributed by atoms with Gasteiger partial charge in [-0.25, -0.2) is 0 Å². The highest BCUT2D eigenvalue weighted by molar-refractivity contribution is 7.86. The molecule has 4 nitrogen and oxygen atoms in total. The molecule has 0 fully saturated rings. The molecule has 0 spiro atoms. The Bertz CT molecular complexity index is 1270. The quantitative estimate of drug-likeness (QED) is 0.284. The van der Waals surface area contributed by atoms with Crippen molar-refractivity contribution in [3.63, 3.8) is 0 Å². The van der Waals surface area contributed by atoms with Crippen molar-refractivity contribution >= 4 is 22.7 Å². The molecule has 4 rings (SSSR count). The predicted octanol–water partition coefficient (Wildman–Crippen LogP) is 6.35. The largest absolute Gasteiger partial charge is 0.456 e. The monoisotopic (exact) mass is 434 g/mol. The fraction of sp³-hybridized carbons (Fsp3) is 0. The van der Waals surface area contributed by atoms with Crippen LogP contribution < -0.4 is 4.74 Å². The first-order valence-corrected chi connectivity index (χ1v) is 11.0. The molecule has 0 radical (unpaired) electrons. The third-order valence-corrected chi connectivity index (χ3v) is 5.85. The third-order valence-electron chi connectivity index (χ3n) is 4.58. The van der Waals surface area contributed by atoms with Gasteiger partial charge in [0.1, 0.15) is 16.4 Å². The number of rotatable bonds is 5. The van der Waals surface area contributed by atoms with Crippen LogP contribution in [0.1, 0.15) is 0 Å². The van der Waals surface area contributed by atoms with Crippen molar-refractivity contribution in [2.75, 3.05) is 0 Å². The summed E-state index contributed by atoms with van der Waals surface area (Å²) >= 11 is 4.61. The Kier molecular flexibility index (Phi) is 5.63. The molecule has 0 unspecified atom stereocenters. The number of ether oxygens (including phenoxy) is 1. The molecule has 0 bridgehead atoms. The van der Waals surface area contributed by atoms with Gasteiger partial charge < -0.3 is 4.74 Å². The lowest BCUT2D eigenvalue weighted by atomic mass is 9.97. The van der Waals surface area contributed by atoms with E-state index in [0.29, 0.717) is 27.3 Å². The van der Waals surface area contributed by atoms with E-state index in [1.54, 1.807) is 66.7 Å². The van der Waals surface area contributed by atoms with Gasteiger partial charge in [-0.2, -0.15) is 8.42 Å². The highest BCUT2D eigenvalue weighted by Gasteiger charge is 2.28. The molecule has 0 atom stereocenters. The van der Waals surface area contributed by atoms with E-state index in [0.717, 1.165) is 0 Å². The summed E-state index contributed by atoms with van der Waals surface area (Å²) in [6.07, 6.45) is 0. The Morgan fingerprint density at radius 3 is 1.77 bits per heavy atom. The maximum absolute atomic E-state index is 12.6. The van der Waals surface area contributed by atoms with Gasteiger partial charge in [-0.3, -0.25) is 4.55 Å². The van der Waals surface area contributed by atoms with Crippen molar-refractivity contribution in [1.29, 1.82) is 0 Å². The standard InChI is InChI=1S/C24H18O4S2/c25-30(26,27)24-20(17-10-4-1-5-11-17)16-21(29)23(28-19-14-8-3-9-15-19)22(24)18-12-6-2-7-13-18/h1-16,29H,(H,25,26,27). The van der Waals surface area contributed by atoms with Gasteiger partial charge in [0.25, 0.3) is 10.1 Å². The lowest BCUT2D eigenvalue weighted by Crippen LogP contribution is -2.06. The summed E-state index contributed by atoms with van der Waals surface area (Å²) in [5.74, 6) is 0.779. The van der Waals surface area contributed by atoms with Crippen molar-refractivity contribution in [1.82, 2.24) is 0 Å². The van der Waals surface area contributed by atoms with Gasteiger partial charge in [-0.15, -0.1) is 12.6 Å². The number of hydrogen-bond donors (Lipinski definition) is 2. The molecule has 0 aromatic heterocycles. The summed E-state index contributed by atoms with van der Waals surface area (Å²) in [5.41, 5.74) is 1.84. The van der Waals surface area contributed by atoms with Crippen LogP contribution in [0, 0.1) is 0 Å². The summed E-state index contributed by atoms with van der Waals surface area (Å²) in [6.45, 7) is 0. The molecule has 0 aliphatic rings. The van der Waals surface area contributed by atoms with Crippen molar-refractivity contribution in [2.24, 2.45) is 0 Å². The van der Waals surface area contributed by atoms with E-state index in [2.05, 4.69) is 12.6 Å². The maximum Gasteiger partial charge on any atom is 0.295 e. The van der Waals surface area contributed by atoms with Crippen LogP contribution in [0.4, 0.5) is 0 Å². The van der Waals surface area contributed by atoms with Crippen LogP contribution in [0.15, 0.2) is 107 Å². The summed E-state index contributed by atoms with van der Waals surface area (Å²) in [6, 6.07) is 28.6. The first kappa shape index (κ1) is 20.2. The van der Waals surface area contributed by atoms with Gasteiger partial charge in [-0.05, 0) is 29.3 Å². The van der Waals surface area contributed by atoms with Crippen LogP contribution in [0.25, 0.3) is 22.3 Å². The summed E-state index contributed by atoms with van der Waals surface area (Å²) < 4.78 is 41.5. The molecule has 150 valence electrons. The van der Waals surface area contributed by atoms with E-state index in [4.69, 9.17) is 4.74 Å². The number of benzene rings is 4. The lowest BCUT2D eigenvalue weighted by molar-refractivity contribution is 0.466. The molecule has 0 saturated carbocycles. The molecule has 0 aliphatic heterocycles. The van der Waals surface area contributed by atoms with Crippen LogP contribution in [-0.4, -0.2) is 13.0 Å². The van der Waals surface area contributed by atoms with Crippen LogP contribution in [0.5, 0.6) is 11.5 Å². The van der Waals surface area contributed by atoms with Gasteiger partial charge in [-0.1, -0.05) is 78.9 Å². The Hall–Kier alpha value is -3.06. The average molecular weight is 435 g/mol. The molecule has 30 heavy (non-hydrogen) atoms. The van der Waals surface area contributed by atoms with Gasteiger partial charge in [0.15, 0.2) is 0 Å². The first-order chi connectivity index (χ1) is 14.4. The molecular weight excluding hydrogens is 416 g/mol. The number of thiol groups is 1. The number of para-hydroxylation sites is 1. The molecule has 0 aliphatic carbocycles. The highest BCUT2D eigenvalue weighted by Crippen LogP contribution is 2.47. The van der Waals surface area contributed by atoms with Crippen LogP contribution in [0.3, 0.4) is 0 Å². The van der Waals surface area contributed by atoms with Crippen LogP contribution >= 0.6 is 12.6 Å². The zero-order valence-corrected chi connectivity index (χ0v) is 17.5. The van der Waals surface area contributed by atoms with E-state index in [1.165, 1.54) is 0 Å². The smallest absolute Gasteiger partial charge is 0.295 e. The highest BCUT2D eigenvalue weighted by atomic mass is 32.2.